The molecule has 7 nitrogen and oxygen atoms in total. The van der Waals surface area contributed by atoms with Crippen LogP contribution in [-0.4, -0.2) is 26.0 Å². The minimum atomic E-state index is -3.77. The third-order valence-electron chi connectivity index (χ3n) is 4.23. The van der Waals surface area contributed by atoms with Gasteiger partial charge in [0, 0.05) is 21.8 Å². The van der Waals surface area contributed by atoms with Crippen LogP contribution in [0.3, 0.4) is 0 Å². The number of nitrogens with one attached hydrogen (secondary N) is 2. The van der Waals surface area contributed by atoms with Crippen molar-refractivity contribution in [2.75, 3.05) is 16.4 Å². The Labute approximate surface area is 185 Å². The average Bonchev–Trinajstić information content (AvgIpc) is 2.73. The van der Waals surface area contributed by atoms with Gasteiger partial charge in [-0.1, -0.05) is 17.7 Å². The van der Waals surface area contributed by atoms with Crippen molar-refractivity contribution in [2.24, 2.45) is 5.14 Å². The molecule has 0 aromatic heterocycles. The minimum absolute atomic E-state index is 0.0190. The Morgan fingerprint density at radius 3 is 2.13 bits per heavy atom. The smallest absolute Gasteiger partial charge is 0.255 e. The normalized spacial score (nSPS) is 11.0. The summed E-state index contributed by atoms with van der Waals surface area (Å²) in [6.07, 6.45) is 0. The molecular formula is C22H21N3O4S2. The van der Waals surface area contributed by atoms with Crippen molar-refractivity contribution in [2.45, 2.75) is 16.7 Å². The number of amides is 2. The molecule has 9 heteroatoms. The minimum Gasteiger partial charge on any atom is -0.325 e. The van der Waals surface area contributed by atoms with E-state index >= 15 is 0 Å². The fourth-order valence-electron chi connectivity index (χ4n) is 2.70. The summed E-state index contributed by atoms with van der Waals surface area (Å²) in [7, 11) is -3.77. The highest BCUT2D eigenvalue weighted by atomic mass is 32.2. The summed E-state index contributed by atoms with van der Waals surface area (Å²) < 4.78 is 22.5. The van der Waals surface area contributed by atoms with Crippen molar-refractivity contribution < 1.29 is 18.0 Å². The topological polar surface area (TPSA) is 118 Å². The maximum atomic E-state index is 12.3. The number of sulfonamides is 1. The van der Waals surface area contributed by atoms with Gasteiger partial charge in [-0.2, -0.15) is 0 Å². The van der Waals surface area contributed by atoms with Gasteiger partial charge in [0.25, 0.3) is 5.91 Å². The number of hydrogen-bond acceptors (Lipinski definition) is 5. The van der Waals surface area contributed by atoms with Crippen molar-refractivity contribution in [3.8, 4) is 0 Å². The summed E-state index contributed by atoms with van der Waals surface area (Å²) >= 11 is 1.34. The van der Waals surface area contributed by atoms with E-state index in [0.29, 0.717) is 16.9 Å². The van der Waals surface area contributed by atoms with Crippen LogP contribution < -0.4 is 15.8 Å². The molecule has 0 fully saturated rings. The molecule has 4 N–H and O–H groups in total. The molecule has 160 valence electrons. The predicted molar refractivity (Wildman–Crippen MR) is 123 cm³/mol. The number of thioether (sulfide) groups is 1. The third kappa shape index (κ3) is 6.68. The molecule has 3 aromatic rings. The number of hydrogen-bond donors (Lipinski definition) is 3. The lowest BCUT2D eigenvalue weighted by atomic mass is 10.1. The molecule has 0 saturated heterocycles. The lowest BCUT2D eigenvalue weighted by molar-refractivity contribution is -0.113. The second-order valence-electron chi connectivity index (χ2n) is 6.75. The van der Waals surface area contributed by atoms with Gasteiger partial charge in [-0.15, -0.1) is 11.8 Å². The lowest BCUT2D eigenvalue weighted by Gasteiger charge is -2.08. The highest BCUT2D eigenvalue weighted by Crippen LogP contribution is 2.21. The summed E-state index contributed by atoms with van der Waals surface area (Å²) in [6, 6.07) is 20.2. The molecule has 0 bridgehead atoms. The number of carbonyl (C=O) groups is 2. The SMILES string of the molecule is Cc1cccc(C(=O)Nc2ccc(SCC(=O)Nc3ccc(S(N)(=O)=O)cc3)cc2)c1. The fourth-order valence-corrected chi connectivity index (χ4v) is 3.91. The van der Waals surface area contributed by atoms with Crippen LogP contribution in [0.1, 0.15) is 15.9 Å². The first kappa shape index (κ1) is 22.5. The largest absolute Gasteiger partial charge is 0.325 e. The quantitative estimate of drug-likeness (QED) is 0.470. The molecule has 31 heavy (non-hydrogen) atoms. The van der Waals surface area contributed by atoms with Crippen molar-refractivity contribution >= 4 is 45.0 Å². The van der Waals surface area contributed by atoms with Crippen LogP contribution in [0.4, 0.5) is 11.4 Å². The number of aryl methyl sites for hydroxylation is 1. The summed E-state index contributed by atoms with van der Waals surface area (Å²) in [6.45, 7) is 1.93. The number of anilines is 2. The third-order valence-corrected chi connectivity index (χ3v) is 6.17. The van der Waals surface area contributed by atoms with Crippen molar-refractivity contribution in [3.05, 3.63) is 83.9 Å². The predicted octanol–water partition coefficient (Wildman–Crippen LogP) is 3.63. The Hall–Kier alpha value is -3.14. The Morgan fingerprint density at radius 1 is 0.903 bits per heavy atom. The summed E-state index contributed by atoms with van der Waals surface area (Å²) in [5.74, 6) is -0.242. The number of carbonyl (C=O) groups excluding carboxylic acids is 2. The molecule has 0 aliphatic heterocycles. The first-order valence-electron chi connectivity index (χ1n) is 9.24. The maximum Gasteiger partial charge on any atom is 0.255 e. The highest BCUT2D eigenvalue weighted by molar-refractivity contribution is 8.00. The van der Waals surface area contributed by atoms with E-state index in [-0.39, 0.29) is 22.5 Å². The summed E-state index contributed by atoms with van der Waals surface area (Å²) in [5.41, 5.74) is 2.74. The zero-order valence-corrected chi connectivity index (χ0v) is 18.3. The Kier molecular flexibility index (Phi) is 7.11. The summed E-state index contributed by atoms with van der Waals surface area (Å²) in [5, 5.41) is 10.6. The van der Waals surface area contributed by atoms with Crippen LogP contribution in [0, 0.1) is 6.92 Å². The monoisotopic (exact) mass is 455 g/mol. The molecule has 0 aliphatic rings. The van der Waals surface area contributed by atoms with E-state index in [1.165, 1.54) is 36.0 Å². The van der Waals surface area contributed by atoms with Gasteiger partial charge < -0.3 is 10.6 Å². The standard InChI is InChI=1S/C22H21N3O4S2/c1-15-3-2-4-16(13-15)22(27)25-18-5-9-19(10-6-18)30-14-21(26)24-17-7-11-20(12-8-17)31(23,28)29/h2-13H,14H2,1H3,(H,24,26)(H,25,27)(H2,23,28,29). The van der Waals surface area contributed by atoms with E-state index in [1.807, 2.05) is 37.3 Å². The van der Waals surface area contributed by atoms with Gasteiger partial charge in [0.1, 0.15) is 0 Å². The second-order valence-corrected chi connectivity index (χ2v) is 9.36. The molecule has 0 radical (unpaired) electrons. The molecule has 0 heterocycles. The number of benzene rings is 3. The van der Waals surface area contributed by atoms with Crippen molar-refractivity contribution in [1.29, 1.82) is 0 Å². The van der Waals surface area contributed by atoms with Crippen LogP contribution in [0.25, 0.3) is 0 Å². The number of nitrogens with two attached hydrogens (primary N) is 1. The Morgan fingerprint density at radius 2 is 1.52 bits per heavy atom. The van der Waals surface area contributed by atoms with Gasteiger partial charge in [0.2, 0.25) is 15.9 Å². The van der Waals surface area contributed by atoms with Crippen LogP contribution >= 0.6 is 11.8 Å². The van der Waals surface area contributed by atoms with E-state index in [2.05, 4.69) is 10.6 Å². The molecule has 0 unspecified atom stereocenters. The van der Waals surface area contributed by atoms with E-state index in [1.54, 1.807) is 18.2 Å². The number of primary sulfonamides is 1. The lowest BCUT2D eigenvalue weighted by Crippen LogP contribution is -2.15. The van der Waals surface area contributed by atoms with Crippen LogP contribution in [0.2, 0.25) is 0 Å². The molecule has 0 spiro atoms. The average molecular weight is 456 g/mol. The molecule has 2 amide bonds. The fraction of sp³-hybridized carbons (Fsp3) is 0.0909. The highest BCUT2D eigenvalue weighted by Gasteiger charge is 2.09. The van der Waals surface area contributed by atoms with Gasteiger partial charge in [0.05, 0.1) is 10.6 Å². The second kappa shape index (κ2) is 9.78. The zero-order valence-electron chi connectivity index (χ0n) is 16.7. The first-order valence-corrected chi connectivity index (χ1v) is 11.8. The van der Waals surface area contributed by atoms with E-state index in [9.17, 15) is 18.0 Å². The molecule has 0 saturated carbocycles. The summed E-state index contributed by atoms with van der Waals surface area (Å²) in [4.78, 5) is 25.3. The number of rotatable bonds is 7. The zero-order chi connectivity index (χ0) is 22.4. The van der Waals surface area contributed by atoms with Crippen LogP contribution in [-0.2, 0) is 14.8 Å². The Bertz CT molecular complexity index is 1190. The van der Waals surface area contributed by atoms with Gasteiger partial charge in [-0.05, 0) is 67.6 Å². The van der Waals surface area contributed by atoms with Gasteiger partial charge >= 0.3 is 0 Å². The van der Waals surface area contributed by atoms with Crippen molar-refractivity contribution in [1.82, 2.24) is 0 Å². The molecular weight excluding hydrogens is 434 g/mol. The van der Waals surface area contributed by atoms with E-state index in [0.717, 1.165) is 10.5 Å². The first-order chi connectivity index (χ1) is 14.7. The van der Waals surface area contributed by atoms with Crippen LogP contribution in [0.15, 0.2) is 82.6 Å². The van der Waals surface area contributed by atoms with E-state index in [4.69, 9.17) is 5.14 Å². The van der Waals surface area contributed by atoms with Gasteiger partial charge in [-0.3, -0.25) is 9.59 Å². The van der Waals surface area contributed by atoms with Gasteiger partial charge in [-0.25, -0.2) is 13.6 Å². The Balaban J connectivity index is 1.50. The van der Waals surface area contributed by atoms with Crippen LogP contribution in [0.5, 0.6) is 0 Å². The molecule has 0 aliphatic carbocycles. The maximum absolute atomic E-state index is 12.3. The van der Waals surface area contributed by atoms with Crippen molar-refractivity contribution in [3.63, 3.8) is 0 Å². The van der Waals surface area contributed by atoms with Gasteiger partial charge in [0.15, 0.2) is 0 Å². The molecule has 0 atom stereocenters. The molecule has 3 rings (SSSR count). The molecule has 3 aromatic carbocycles. The van der Waals surface area contributed by atoms with E-state index < -0.39 is 10.0 Å².